The average Bonchev–Trinajstić information content (AvgIpc) is 2.63. The quantitative estimate of drug-likeness (QED) is 0.766. The maximum atomic E-state index is 11.8. The number of nitrogens with zero attached hydrogens (tertiary/aromatic N) is 1. The smallest absolute Gasteiger partial charge is 0.154 e. The van der Waals surface area contributed by atoms with E-state index in [1.54, 1.807) is 0 Å². The Bertz CT molecular complexity index is 214. The molecule has 3 nitrogen and oxygen atoms in total. The molecule has 1 rings (SSSR count). The summed E-state index contributed by atoms with van der Waals surface area (Å²) < 4.78 is 0. The zero-order valence-electron chi connectivity index (χ0n) is 10.3. The number of hydrogen-bond acceptors (Lipinski definition) is 3. The number of rotatable bonds is 4. The Labute approximate surface area is 93.0 Å². The van der Waals surface area contributed by atoms with Crippen molar-refractivity contribution in [1.29, 1.82) is 0 Å². The van der Waals surface area contributed by atoms with E-state index in [0.717, 1.165) is 13.0 Å². The van der Waals surface area contributed by atoms with Gasteiger partial charge in [-0.2, -0.15) is 0 Å². The van der Waals surface area contributed by atoms with E-state index < -0.39 is 0 Å². The van der Waals surface area contributed by atoms with Crippen molar-refractivity contribution in [3.05, 3.63) is 0 Å². The Morgan fingerprint density at radius 2 is 1.87 bits per heavy atom. The van der Waals surface area contributed by atoms with Crippen molar-refractivity contribution in [3.63, 3.8) is 0 Å². The molecule has 3 heteroatoms. The topological polar surface area (TPSA) is 46.3 Å². The maximum absolute atomic E-state index is 11.8. The van der Waals surface area contributed by atoms with Gasteiger partial charge in [0, 0.05) is 12.0 Å². The molecular formula is C12H24N2O. The molecular weight excluding hydrogens is 188 g/mol. The molecule has 15 heavy (non-hydrogen) atoms. The summed E-state index contributed by atoms with van der Waals surface area (Å²) in [5.41, 5.74) is 5.60. The fourth-order valence-electron chi connectivity index (χ4n) is 2.02. The molecule has 2 N–H and O–H groups in total. The molecule has 0 aliphatic carbocycles. The standard InChI is InChI=1S/C12H24N2O/c1-12(2,3)11(15)10(13)6-9-14-7-4-5-8-14/h10H,4-9,13H2,1-3H3. The zero-order valence-corrected chi connectivity index (χ0v) is 10.3. The first-order valence-corrected chi connectivity index (χ1v) is 5.93. The van der Waals surface area contributed by atoms with Crippen molar-refractivity contribution in [3.8, 4) is 0 Å². The van der Waals surface area contributed by atoms with Crippen LogP contribution in [-0.4, -0.2) is 36.4 Å². The van der Waals surface area contributed by atoms with Crippen LogP contribution in [0.15, 0.2) is 0 Å². The Morgan fingerprint density at radius 3 is 2.33 bits per heavy atom. The highest BCUT2D eigenvalue weighted by Crippen LogP contribution is 2.18. The van der Waals surface area contributed by atoms with Gasteiger partial charge in [-0.15, -0.1) is 0 Å². The molecule has 0 aromatic rings. The number of nitrogens with two attached hydrogens (primary N) is 1. The predicted octanol–water partition coefficient (Wildman–Crippen LogP) is 1.41. The molecule has 0 aromatic carbocycles. The lowest BCUT2D eigenvalue weighted by atomic mass is 9.86. The molecule has 0 radical (unpaired) electrons. The van der Waals surface area contributed by atoms with Crippen LogP contribution in [0.4, 0.5) is 0 Å². The minimum absolute atomic E-state index is 0.182. The van der Waals surface area contributed by atoms with Gasteiger partial charge in [-0.3, -0.25) is 4.79 Å². The molecule has 1 fully saturated rings. The van der Waals surface area contributed by atoms with Gasteiger partial charge < -0.3 is 10.6 Å². The Hall–Kier alpha value is -0.410. The van der Waals surface area contributed by atoms with Crippen LogP contribution < -0.4 is 5.73 Å². The maximum Gasteiger partial charge on any atom is 0.154 e. The summed E-state index contributed by atoms with van der Waals surface area (Å²) in [6.07, 6.45) is 3.39. The highest BCUT2D eigenvalue weighted by Gasteiger charge is 2.27. The summed E-state index contributed by atoms with van der Waals surface area (Å²) in [6.45, 7) is 9.14. The second-order valence-electron chi connectivity index (χ2n) is 5.56. The first kappa shape index (κ1) is 12.7. The molecule has 1 saturated heterocycles. The van der Waals surface area contributed by atoms with Crippen LogP contribution in [0.5, 0.6) is 0 Å². The molecule has 1 unspecified atom stereocenters. The SMILES string of the molecule is CC(C)(C)C(=O)C(N)CCN1CCCC1. The van der Waals surface area contributed by atoms with Crippen LogP contribution in [0.25, 0.3) is 0 Å². The number of carbonyl (C=O) groups excluding carboxylic acids is 1. The normalized spacial score (nSPS) is 20.5. The molecule has 1 heterocycles. The highest BCUT2D eigenvalue weighted by atomic mass is 16.1. The number of Topliss-reactive ketones (excluding diaryl/α,β-unsaturated/α-hetero) is 1. The van der Waals surface area contributed by atoms with E-state index in [1.807, 2.05) is 20.8 Å². The van der Waals surface area contributed by atoms with E-state index in [0.29, 0.717) is 0 Å². The number of carbonyl (C=O) groups is 1. The molecule has 0 aromatic heterocycles. The van der Waals surface area contributed by atoms with Gasteiger partial charge in [0.05, 0.1) is 6.04 Å². The first-order valence-electron chi connectivity index (χ1n) is 5.93. The fourth-order valence-corrected chi connectivity index (χ4v) is 2.02. The van der Waals surface area contributed by atoms with Crippen LogP contribution in [0.3, 0.4) is 0 Å². The van der Waals surface area contributed by atoms with Gasteiger partial charge in [0.15, 0.2) is 5.78 Å². The molecule has 0 amide bonds. The highest BCUT2D eigenvalue weighted by molar-refractivity contribution is 5.88. The lowest BCUT2D eigenvalue weighted by Gasteiger charge is -2.23. The molecule has 0 saturated carbocycles. The van der Waals surface area contributed by atoms with E-state index >= 15 is 0 Å². The zero-order chi connectivity index (χ0) is 11.5. The van der Waals surface area contributed by atoms with Gasteiger partial charge >= 0.3 is 0 Å². The number of hydrogen-bond donors (Lipinski definition) is 1. The summed E-state index contributed by atoms with van der Waals surface area (Å²) in [5, 5.41) is 0. The van der Waals surface area contributed by atoms with E-state index in [4.69, 9.17) is 5.73 Å². The van der Waals surface area contributed by atoms with Gasteiger partial charge in [-0.1, -0.05) is 20.8 Å². The van der Waals surface area contributed by atoms with Crippen molar-refractivity contribution in [1.82, 2.24) is 4.90 Å². The lowest BCUT2D eigenvalue weighted by Crippen LogP contribution is -2.41. The average molecular weight is 212 g/mol. The van der Waals surface area contributed by atoms with Crippen molar-refractivity contribution < 1.29 is 4.79 Å². The summed E-state index contributed by atoms with van der Waals surface area (Å²) in [5.74, 6) is 0.182. The molecule has 1 aliphatic rings. The minimum atomic E-state index is -0.301. The van der Waals surface area contributed by atoms with Crippen LogP contribution in [0.1, 0.15) is 40.0 Å². The summed E-state index contributed by atoms with van der Waals surface area (Å²) in [6, 6.07) is -0.286. The molecule has 1 aliphatic heterocycles. The molecule has 0 bridgehead atoms. The predicted molar refractivity (Wildman–Crippen MR) is 62.7 cm³/mol. The van der Waals surface area contributed by atoms with E-state index in [1.165, 1.54) is 25.9 Å². The van der Waals surface area contributed by atoms with Crippen molar-refractivity contribution >= 4 is 5.78 Å². The minimum Gasteiger partial charge on any atom is -0.321 e. The van der Waals surface area contributed by atoms with Crippen LogP contribution in [0.2, 0.25) is 0 Å². The van der Waals surface area contributed by atoms with Gasteiger partial charge in [-0.05, 0) is 32.4 Å². The lowest BCUT2D eigenvalue weighted by molar-refractivity contribution is -0.127. The Morgan fingerprint density at radius 1 is 1.33 bits per heavy atom. The van der Waals surface area contributed by atoms with Crippen molar-refractivity contribution in [2.75, 3.05) is 19.6 Å². The summed E-state index contributed by atoms with van der Waals surface area (Å²) >= 11 is 0. The number of ketones is 1. The second-order valence-corrected chi connectivity index (χ2v) is 5.56. The Balaban J connectivity index is 2.28. The summed E-state index contributed by atoms with van der Waals surface area (Å²) in [4.78, 5) is 14.2. The Kier molecular flexibility index (Phi) is 4.29. The van der Waals surface area contributed by atoms with E-state index in [-0.39, 0.29) is 17.2 Å². The van der Waals surface area contributed by atoms with Crippen LogP contribution >= 0.6 is 0 Å². The third-order valence-electron chi connectivity index (χ3n) is 3.03. The van der Waals surface area contributed by atoms with Gasteiger partial charge in [0.25, 0.3) is 0 Å². The van der Waals surface area contributed by atoms with Gasteiger partial charge in [0.2, 0.25) is 0 Å². The van der Waals surface area contributed by atoms with E-state index in [2.05, 4.69) is 4.90 Å². The van der Waals surface area contributed by atoms with Gasteiger partial charge in [-0.25, -0.2) is 0 Å². The monoisotopic (exact) mass is 212 g/mol. The van der Waals surface area contributed by atoms with Crippen molar-refractivity contribution in [2.24, 2.45) is 11.1 Å². The summed E-state index contributed by atoms with van der Waals surface area (Å²) in [7, 11) is 0. The fraction of sp³-hybridized carbons (Fsp3) is 0.917. The van der Waals surface area contributed by atoms with Crippen LogP contribution in [0, 0.1) is 5.41 Å². The van der Waals surface area contributed by atoms with Gasteiger partial charge in [0.1, 0.15) is 0 Å². The second kappa shape index (κ2) is 5.08. The largest absolute Gasteiger partial charge is 0.321 e. The van der Waals surface area contributed by atoms with Crippen LogP contribution in [-0.2, 0) is 4.79 Å². The number of likely N-dealkylation sites (tertiary alicyclic amines) is 1. The molecule has 88 valence electrons. The molecule has 0 spiro atoms. The molecule has 1 atom stereocenters. The van der Waals surface area contributed by atoms with Crippen molar-refractivity contribution in [2.45, 2.75) is 46.1 Å². The first-order chi connectivity index (χ1) is 6.91. The third kappa shape index (κ3) is 3.92. The third-order valence-corrected chi connectivity index (χ3v) is 3.03. The van der Waals surface area contributed by atoms with E-state index in [9.17, 15) is 4.79 Å².